The average molecular weight is 410 g/mol. The molecule has 0 radical (unpaired) electrons. The molecule has 0 saturated carbocycles. The standard InChI is InChI=1S/C28H18N4/c1-3-9-23-20(7-1)21-13-15-32-25-10-4-2-8-22(25)26(28(32)27(21)31-23)24-12-11-19(17-30-24)18-6-5-14-29-16-18/h1-17,31H. The predicted molar refractivity (Wildman–Crippen MR) is 131 cm³/mol. The van der Waals surface area contributed by atoms with Gasteiger partial charge in [0.15, 0.2) is 0 Å². The van der Waals surface area contributed by atoms with Crippen molar-refractivity contribution in [3.63, 3.8) is 0 Å². The fourth-order valence-electron chi connectivity index (χ4n) is 4.84. The molecule has 5 aromatic heterocycles. The summed E-state index contributed by atoms with van der Waals surface area (Å²) < 4.78 is 2.28. The van der Waals surface area contributed by atoms with Crippen molar-refractivity contribution in [3.05, 3.63) is 104 Å². The van der Waals surface area contributed by atoms with Gasteiger partial charge in [-0.1, -0.05) is 48.5 Å². The van der Waals surface area contributed by atoms with Crippen LogP contribution in [-0.4, -0.2) is 19.4 Å². The fourth-order valence-corrected chi connectivity index (χ4v) is 4.84. The van der Waals surface area contributed by atoms with E-state index in [1.54, 1.807) is 6.20 Å². The molecule has 5 heterocycles. The first-order chi connectivity index (χ1) is 15.9. The molecule has 0 atom stereocenters. The van der Waals surface area contributed by atoms with Gasteiger partial charge in [0.1, 0.15) is 0 Å². The van der Waals surface area contributed by atoms with Crippen molar-refractivity contribution in [2.24, 2.45) is 0 Å². The number of pyridine rings is 3. The zero-order valence-electron chi connectivity index (χ0n) is 17.2. The van der Waals surface area contributed by atoms with Crippen LogP contribution in [0.2, 0.25) is 0 Å². The van der Waals surface area contributed by atoms with E-state index in [1.165, 1.54) is 21.7 Å². The lowest BCUT2D eigenvalue weighted by Crippen LogP contribution is -1.88. The number of aromatic nitrogens is 4. The molecule has 4 nitrogen and oxygen atoms in total. The third-order valence-corrected chi connectivity index (χ3v) is 6.30. The van der Waals surface area contributed by atoms with Gasteiger partial charge in [-0.05, 0) is 30.3 Å². The van der Waals surface area contributed by atoms with Crippen LogP contribution >= 0.6 is 0 Å². The first-order valence-electron chi connectivity index (χ1n) is 10.7. The highest BCUT2D eigenvalue weighted by Crippen LogP contribution is 2.39. The number of para-hydroxylation sites is 2. The van der Waals surface area contributed by atoms with Gasteiger partial charge >= 0.3 is 0 Å². The topological polar surface area (TPSA) is 46.0 Å². The fraction of sp³-hybridized carbons (Fsp3) is 0. The lowest BCUT2D eigenvalue weighted by molar-refractivity contribution is 1.26. The molecule has 7 rings (SSSR count). The molecular formula is C28H18N4. The van der Waals surface area contributed by atoms with E-state index in [-0.39, 0.29) is 0 Å². The van der Waals surface area contributed by atoms with Gasteiger partial charge in [0, 0.05) is 63.2 Å². The summed E-state index contributed by atoms with van der Waals surface area (Å²) in [6.07, 6.45) is 7.77. The third-order valence-electron chi connectivity index (χ3n) is 6.30. The zero-order valence-corrected chi connectivity index (χ0v) is 17.2. The van der Waals surface area contributed by atoms with Crippen molar-refractivity contribution < 1.29 is 0 Å². The van der Waals surface area contributed by atoms with Gasteiger partial charge in [0.2, 0.25) is 0 Å². The van der Waals surface area contributed by atoms with Crippen LogP contribution in [0.15, 0.2) is 104 Å². The zero-order chi connectivity index (χ0) is 21.1. The van der Waals surface area contributed by atoms with Crippen LogP contribution in [0.4, 0.5) is 0 Å². The van der Waals surface area contributed by atoms with Gasteiger partial charge in [-0.3, -0.25) is 9.97 Å². The number of nitrogens with zero attached hydrogens (tertiary/aromatic N) is 3. The Morgan fingerprint density at radius 3 is 2.38 bits per heavy atom. The summed E-state index contributed by atoms with van der Waals surface area (Å²) in [5.41, 5.74) is 8.85. The van der Waals surface area contributed by atoms with Crippen LogP contribution in [0, 0.1) is 0 Å². The van der Waals surface area contributed by atoms with Gasteiger partial charge in [-0.15, -0.1) is 0 Å². The van der Waals surface area contributed by atoms with E-state index in [9.17, 15) is 0 Å². The molecule has 4 heteroatoms. The summed E-state index contributed by atoms with van der Waals surface area (Å²) in [4.78, 5) is 12.8. The molecule has 1 N–H and O–H groups in total. The van der Waals surface area contributed by atoms with Crippen molar-refractivity contribution in [2.75, 3.05) is 0 Å². The number of benzene rings is 2. The Bertz CT molecular complexity index is 1760. The number of hydrogen-bond donors (Lipinski definition) is 1. The quantitative estimate of drug-likeness (QED) is 0.339. The second kappa shape index (κ2) is 6.53. The first-order valence-corrected chi connectivity index (χ1v) is 10.7. The molecule has 0 unspecified atom stereocenters. The Hall–Kier alpha value is -4.44. The molecule has 0 bridgehead atoms. The maximum atomic E-state index is 4.90. The molecule has 0 spiro atoms. The largest absolute Gasteiger partial charge is 0.353 e. The maximum absolute atomic E-state index is 4.90. The molecule has 0 saturated heterocycles. The summed E-state index contributed by atoms with van der Waals surface area (Å²) in [5, 5.41) is 3.66. The lowest BCUT2D eigenvalue weighted by Gasteiger charge is -2.05. The van der Waals surface area contributed by atoms with Crippen LogP contribution in [0.5, 0.6) is 0 Å². The Morgan fingerprint density at radius 1 is 0.688 bits per heavy atom. The second-order valence-corrected chi connectivity index (χ2v) is 8.06. The van der Waals surface area contributed by atoms with Gasteiger partial charge in [0.25, 0.3) is 0 Å². The SMILES string of the molecule is c1cncc(-c2ccc(-c3c4ccccc4n4ccc5c6ccccc6[nH]c5c34)nc2)c1. The highest BCUT2D eigenvalue weighted by atomic mass is 14.9. The van der Waals surface area contributed by atoms with E-state index in [2.05, 4.69) is 93.4 Å². The van der Waals surface area contributed by atoms with Crippen molar-refractivity contribution in [3.8, 4) is 22.4 Å². The monoisotopic (exact) mass is 410 g/mol. The normalized spacial score (nSPS) is 11.8. The van der Waals surface area contributed by atoms with Crippen LogP contribution in [-0.2, 0) is 0 Å². The first kappa shape index (κ1) is 17.3. The van der Waals surface area contributed by atoms with Crippen molar-refractivity contribution in [2.45, 2.75) is 0 Å². The summed E-state index contributed by atoms with van der Waals surface area (Å²) in [7, 11) is 0. The Balaban J connectivity index is 1.57. The van der Waals surface area contributed by atoms with E-state index in [4.69, 9.17) is 4.98 Å². The molecular weight excluding hydrogens is 392 g/mol. The number of H-pyrrole nitrogens is 1. The summed E-state index contributed by atoms with van der Waals surface area (Å²) in [5.74, 6) is 0. The highest BCUT2D eigenvalue weighted by molar-refractivity contribution is 6.19. The van der Waals surface area contributed by atoms with E-state index in [1.807, 2.05) is 18.5 Å². The van der Waals surface area contributed by atoms with Gasteiger partial charge in [-0.25, -0.2) is 0 Å². The lowest BCUT2D eigenvalue weighted by atomic mass is 10.0. The maximum Gasteiger partial charge on any atom is 0.0800 e. The molecule has 2 aromatic carbocycles. The van der Waals surface area contributed by atoms with Crippen molar-refractivity contribution >= 4 is 38.2 Å². The smallest absolute Gasteiger partial charge is 0.0800 e. The van der Waals surface area contributed by atoms with Gasteiger partial charge < -0.3 is 9.38 Å². The van der Waals surface area contributed by atoms with E-state index >= 15 is 0 Å². The third kappa shape index (κ3) is 2.38. The highest BCUT2D eigenvalue weighted by Gasteiger charge is 2.18. The number of aromatic amines is 1. The van der Waals surface area contributed by atoms with Gasteiger partial charge in [-0.2, -0.15) is 0 Å². The average Bonchev–Trinajstić information content (AvgIpc) is 3.41. The summed E-state index contributed by atoms with van der Waals surface area (Å²) in [6.45, 7) is 0. The second-order valence-electron chi connectivity index (χ2n) is 8.06. The minimum absolute atomic E-state index is 0.961. The summed E-state index contributed by atoms with van der Waals surface area (Å²) in [6, 6.07) is 27.5. The summed E-state index contributed by atoms with van der Waals surface area (Å²) >= 11 is 0. The van der Waals surface area contributed by atoms with Crippen molar-refractivity contribution in [1.82, 2.24) is 19.4 Å². The molecule has 0 aliphatic carbocycles. The van der Waals surface area contributed by atoms with E-state index in [0.717, 1.165) is 38.9 Å². The van der Waals surface area contributed by atoms with Crippen LogP contribution in [0.3, 0.4) is 0 Å². The van der Waals surface area contributed by atoms with Crippen LogP contribution in [0.25, 0.3) is 60.6 Å². The number of nitrogens with one attached hydrogen (secondary N) is 1. The van der Waals surface area contributed by atoms with Crippen LogP contribution < -0.4 is 0 Å². The van der Waals surface area contributed by atoms with E-state index < -0.39 is 0 Å². The van der Waals surface area contributed by atoms with Crippen LogP contribution in [0.1, 0.15) is 0 Å². The Morgan fingerprint density at radius 2 is 1.53 bits per heavy atom. The minimum atomic E-state index is 0.961. The molecule has 32 heavy (non-hydrogen) atoms. The van der Waals surface area contributed by atoms with E-state index in [0.29, 0.717) is 0 Å². The number of hydrogen-bond acceptors (Lipinski definition) is 2. The molecule has 0 amide bonds. The molecule has 150 valence electrons. The number of rotatable bonds is 2. The Kier molecular flexibility index (Phi) is 3.52. The predicted octanol–water partition coefficient (Wildman–Crippen LogP) is 6.85. The molecule has 0 aliphatic rings. The number of fused-ring (bicyclic) bond motifs is 7. The molecule has 0 aliphatic heterocycles. The molecule has 0 fully saturated rings. The van der Waals surface area contributed by atoms with Gasteiger partial charge in [0.05, 0.1) is 22.2 Å². The minimum Gasteiger partial charge on any atom is -0.353 e. The molecule has 7 aromatic rings. The Labute approximate surface area is 183 Å². The van der Waals surface area contributed by atoms with Crippen molar-refractivity contribution in [1.29, 1.82) is 0 Å².